The molecule has 2 aromatic heterocycles. The summed E-state index contributed by atoms with van der Waals surface area (Å²) >= 11 is 6.40. The van der Waals surface area contributed by atoms with E-state index < -0.39 is 17.6 Å². The first kappa shape index (κ1) is 20.9. The summed E-state index contributed by atoms with van der Waals surface area (Å²) in [4.78, 5) is 21.2. The molecule has 0 saturated heterocycles. The number of anilines is 1. The Morgan fingerprint density at radius 1 is 1.06 bits per heavy atom. The van der Waals surface area contributed by atoms with E-state index in [-0.39, 0.29) is 16.3 Å². The van der Waals surface area contributed by atoms with Crippen LogP contribution in [-0.2, 0) is 12.7 Å². The average Bonchev–Trinajstić information content (AvgIpc) is 3.13. The lowest BCUT2D eigenvalue weighted by atomic mass is 10.1. The zero-order chi connectivity index (χ0) is 22.2. The van der Waals surface area contributed by atoms with Crippen LogP contribution in [0.2, 0.25) is 5.02 Å². The van der Waals surface area contributed by atoms with Gasteiger partial charge in [-0.1, -0.05) is 41.4 Å². The number of nitrogens with one attached hydrogen (secondary N) is 1. The third kappa shape index (κ3) is 4.39. The zero-order valence-electron chi connectivity index (χ0n) is 16.2. The van der Waals surface area contributed by atoms with Crippen molar-refractivity contribution < 1.29 is 18.0 Å². The minimum Gasteiger partial charge on any atom is -0.322 e. The Morgan fingerprint density at radius 3 is 2.39 bits per heavy atom. The molecule has 31 heavy (non-hydrogen) atoms. The minimum absolute atomic E-state index is 0.0784. The molecule has 0 radical (unpaired) electrons. The Morgan fingerprint density at radius 2 is 1.74 bits per heavy atom. The van der Waals surface area contributed by atoms with Crippen LogP contribution in [0.15, 0.2) is 61.1 Å². The normalized spacial score (nSPS) is 11.6. The number of alkyl halides is 3. The van der Waals surface area contributed by atoms with Crippen LogP contribution < -0.4 is 5.32 Å². The third-order valence-corrected chi connectivity index (χ3v) is 5.14. The van der Waals surface area contributed by atoms with E-state index in [4.69, 9.17) is 11.6 Å². The van der Waals surface area contributed by atoms with Crippen molar-refractivity contribution >= 4 is 34.4 Å². The Labute approximate surface area is 180 Å². The molecule has 5 nitrogen and oxygen atoms in total. The number of amides is 1. The standard InChI is InChI=1S/C22H16ClF3N4O/c1-13-2-4-14(5-3-13)11-30-12-28-19-18(23)17(10-27-20(19)30)21(31)29-16-8-6-15(7-9-16)22(24,25)26/h2-10,12H,11H2,1H3,(H,29,31). The third-order valence-electron chi connectivity index (χ3n) is 4.76. The molecule has 0 fully saturated rings. The molecule has 1 amide bonds. The van der Waals surface area contributed by atoms with Crippen molar-refractivity contribution in [1.82, 2.24) is 14.5 Å². The first-order valence-corrected chi connectivity index (χ1v) is 9.63. The number of hydrogen-bond donors (Lipinski definition) is 1. The molecule has 0 spiro atoms. The SMILES string of the molecule is Cc1ccc(Cn2cnc3c(Cl)c(C(=O)Nc4ccc(C(F)(F)F)cc4)cnc32)cc1. The molecule has 2 aromatic carbocycles. The predicted molar refractivity (Wildman–Crippen MR) is 112 cm³/mol. The number of hydrogen-bond acceptors (Lipinski definition) is 3. The summed E-state index contributed by atoms with van der Waals surface area (Å²) in [6.07, 6.45) is -1.52. The molecule has 158 valence electrons. The predicted octanol–water partition coefficient (Wildman–Crippen LogP) is 5.71. The van der Waals surface area contributed by atoms with Gasteiger partial charge >= 0.3 is 6.18 Å². The number of fused-ring (bicyclic) bond motifs is 1. The van der Waals surface area contributed by atoms with Gasteiger partial charge in [-0.25, -0.2) is 9.97 Å². The number of rotatable bonds is 4. The molecule has 0 saturated carbocycles. The molecule has 0 unspecified atom stereocenters. The van der Waals surface area contributed by atoms with Gasteiger partial charge in [-0.3, -0.25) is 4.79 Å². The largest absolute Gasteiger partial charge is 0.416 e. The van der Waals surface area contributed by atoms with E-state index in [1.54, 1.807) is 6.33 Å². The van der Waals surface area contributed by atoms with E-state index in [2.05, 4.69) is 15.3 Å². The van der Waals surface area contributed by atoms with Gasteiger partial charge in [0.25, 0.3) is 5.91 Å². The Bertz CT molecular complexity index is 1250. The molecule has 0 aliphatic rings. The van der Waals surface area contributed by atoms with Crippen molar-refractivity contribution in [2.75, 3.05) is 5.32 Å². The number of imidazole rings is 1. The molecule has 1 N–H and O–H groups in total. The Hall–Kier alpha value is -3.39. The Kier molecular flexibility index (Phi) is 5.41. The number of pyridine rings is 1. The molecule has 4 aromatic rings. The van der Waals surface area contributed by atoms with E-state index in [1.807, 2.05) is 35.8 Å². The number of halogens is 4. The fraction of sp³-hybridized carbons (Fsp3) is 0.136. The number of carbonyl (C=O) groups excluding carboxylic acids is 1. The lowest BCUT2D eigenvalue weighted by Crippen LogP contribution is -2.13. The van der Waals surface area contributed by atoms with Gasteiger partial charge in [-0.15, -0.1) is 0 Å². The molecule has 4 rings (SSSR count). The number of carbonyl (C=O) groups is 1. The van der Waals surface area contributed by atoms with Crippen LogP contribution in [0.25, 0.3) is 11.2 Å². The summed E-state index contributed by atoms with van der Waals surface area (Å²) in [6, 6.07) is 12.2. The number of benzene rings is 2. The number of aromatic nitrogens is 3. The summed E-state index contributed by atoms with van der Waals surface area (Å²) in [7, 11) is 0. The highest BCUT2D eigenvalue weighted by Crippen LogP contribution is 2.30. The van der Waals surface area contributed by atoms with E-state index in [9.17, 15) is 18.0 Å². The lowest BCUT2D eigenvalue weighted by molar-refractivity contribution is -0.137. The minimum atomic E-state index is -4.45. The quantitative estimate of drug-likeness (QED) is 0.438. The second-order valence-corrected chi connectivity index (χ2v) is 7.42. The van der Waals surface area contributed by atoms with Gasteiger partial charge in [0, 0.05) is 11.9 Å². The first-order valence-electron chi connectivity index (χ1n) is 9.26. The lowest BCUT2D eigenvalue weighted by Gasteiger charge is -2.10. The number of nitrogens with zero attached hydrogens (tertiary/aromatic N) is 3. The van der Waals surface area contributed by atoms with Crippen molar-refractivity contribution in [3.63, 3.8) is 0 Å². The van der Waals surface area contributed by atoms with E-state index >= 15 is 0 Å². The van der Waals surface area contributed by atoms with Gasteiger partial charge in [0.15, 0.2) is 5.65 Å². The van der Waals surface area contributed by atoms with Crippen molar-refractivity contribution in [2.24, 2.45) is 0 Å². The van der Waals surface area contributed by atoms with Gasteiger partial charge in [0.05, 0.1) is 29.0 Å². The summed E-state index contributed by atoms with van der Waals surface area (Å²) in [5.41, 5.74) is 2.60. The molecule has 9 heteroatoms. The fourth-order valence-electron chi connectivity index (χ4n) is 3.08. The maximum absolute atomic E-state index is 12.7. The van der Waals surface area contributed by atoms with Crippen LogP contribution in [0.1, 0.15) is 27.0 Å². The molecular formula is C22H16ClF3N4O. The summed E-state index contributed by atoms with van der Waals surface area (Å²) in [5, 5.41) is 2.65. The molecule has 2 heterocycles. The number of aryl methyl sites for hydroxylation is 1. The summed E-state index contributed by atoms with van der Waals surface area (Å²) < 4.78 is 39.9. The molecule has 0 atom stereocenters. The summed E-state index contributed by atoms with van der Waals surface area (Å²) in [6.45, 7) is 2.55. The highest BCUT2D eigenvalue weighted by molar-refractivity contribution is 6.38. The zero-order valence-corrected chi connectivity index (χ0v) is 17.0. The van der Waals surface area contributed by atoms with Crippen LogP contribution >= 0.6 is 11.6 Å². The van der Waals surface area contributed by atoms with Crippen molar-refractivity contribution in [1.29, 1.82) is 0 Å². The van der Waals surface area contributed by atoms with Crippen LogP contribution in [0.4, 0.5) is 18.9 Å². The van der Waals surface area contributed by atoms with Crippen LogP contribution in [0, 0.1) is 6.92 Å². The Balaban J connectivity index is 1.56. The second-order valence-electron chi connectivity index (χ2n) is 7.05. The van der Waals surface area contributed by atoms with Crippen LogP contribution in [-0.4, -0.2) is 20.4 Å². The molecule has 0 bridgehead atoms. The van der Waals surface area contributed by atoms with Gasteiger partial charge < -0.3 is 9.88 Å². The van der Waals surface area contributed by atoms with Gasteiger partial charge in [-0.05, 0) is 36.8 Å². The van der Waals surface area contributed by atoms with Gasteiger partial charge in [0.1, 0.15) is 5.52 Å². The van der Waals surface area contributed by atoms with Gasteiger partial charge in [0.2, 0.25) is 0 Å². The molecular weight excluding hydrogens is 429 g/mol. The maximum atomic E-state index is 12.7. The summed E-state index contributed by atoms with van der Waals surface area (Å²) in [5.74, 6) is -0.591. The van der Waals surface area contributed by atoms with E-state index in [1.165, 1.54) is 18.3 Å². The molecule has 0 aliphatic carbocycles. The van der Waals surface area contributed by atoms with Gasteiger partial charge in [-0.2, -0.15) is 13.2 Å². The monoisotopic (exact) mass is 444 g/mol. The smallest absolute Gasteiger partial charge is 0.322 e. The van der Waals surface area contributed by atoms with Crippen LogP contribution in [0.3, 0.4) is 0 Å². The highest BCUT2D eigenvalue weighted by atomic mass is 35.5. The fourth-order valence-corrected chi connectivity index (χ4v) is 3.35. The maximum Gasteiger partial charge on any atom is 0.416 e. The average molecular weight is 445 g/mol. The van der Waals surface area contributed by atoms with E-state index in [0.29, 0.717) is 17.7 Å². The topological polar surface area (TPSA) is 59.8 Å². The van der Waals surface area contributed by atoms with Crippen LogP contribution in [0.5, 0.6) is 0 Å². The van der Waals surface area contributed by atoms with Crippen molar-refractivity contribution in [3.8, 4) is 0 Å². The molecule has 0 aliphatic heterocycles. The first-order chi connectivity index (χ1) is 14.7. The van der Waals surface area contributed by atoms with Crippen molar-refractivity contribution in [2.45, 2.75) is 19.6 Å². The van der Waals surface area contributed by atoms with E-state index in [0.717, 1.165) is 23.3 Å². The van der Waals surface area contributed by atoms with Crippen molar-refractivity contribution in [3.05, 3.63) is 88.3 Å². The highest BCUT2D eigenvalue weighted by Gasteiger charge is 2.30. The second kappa shape index (κ2) is 8.03.